The molecule has 1 N–H and O–H groups in total. The van der Waals surface area contributed by atoms with Crippen molar-refractivity contribution in [1.29, 1.82) is 0 Å². The Bertz CT molecular complexity index is 559. The third-order valence-electron chi connectivity index (χ3n) is 4.69. The van der Waals surface area contributed by atoms with Gasteiger partial charge >= 0.3 is 5.97 Å². The van der Waals surface area contributed by atoms with Crippen LogP contribution in [0.1, 0.15) is 54.4 Å². The number of hydrogen-bond acceptors (Lipinski definition) is 5. The zero-order valence-corrected chi connectivity index (χ0v) is 12.8. The van der Waals surface area contributed by atoms with E-state index >= 15 is 0 Å². The first-order chi connectivity index (χ1) is 10.1. The standard InChI is InChI=1S/C14H19N3O3S/c1-2-9-12(21-16-15-9)13(18)17-10-6-4-3-5-8(10)7-11(17)14(19)20/h8,10-11H,2-7H2,1H3,(H,19,20). The van der Waals surface area contributed by atoms with Crippen molar-refractivity contribution in [2.75, 3.05) is 0 Å². The molecule has 0 aromatic carbocycles. The Hall–Kier alpha value is -1.50. The minimum Gasteiger partial charge on any atom is -0.480 e. The lowest BCUT2D eigenvalue weighted by molar-refractivity contribution is -0.141. The van der Waals surface area contributed by atoms with Crippen molar-refractivity contribution < 1.29 is 14.7 Å². The van der Waals surface area contributed by atoms with Gasteiger partial charge in [0, 0.05) is 6.04 Å². The number of hydrogen-bond donors (Lipinski definition) is 1. The second kappa shape index (κ2) is 5.71. The molecule has 1 saturated carbocycles. The van der Waals surface area contributed by atoms with Crippen molar-refractivity contribution in [2.24, 2.45) is 5.92 Å². The number of rotatable bonds is 3. The summed E-state index contributed by atoms with van der Waals surface area (Å²) in [6, 6.07) is -0.628. The highest BCUT2D eigenvalue weighted by Crippen LogP contribution is 2.40. The van der Waals surface area contributed by atoms with Gasteiger partial charge in [0.15, 0.2) is 0 Å². The van der Waals surface area contributed by atoms with Gasteiger partial charge in [0.25, 0.3) is 5.91 Å². The van der Waals surface area contributed by atoms with Crippen LogP contribution in [0.4, 0.5) is 0 Å². The second-order valence-corrected chi connectivity index (χ2v) is 6.57. The maximum atomic E-state index is 12.9. The van der Waals surface area contributed by atoms with E-state index < -0.39 is 12.0 Å². The average molecular weight is 309 g/mol. The van der Waals surface area contributed by atoms with Crippen molar-refractivity contribution >= 4 is 23.4 Å². The number of aryl methyl sites for hydroxylation is 1. The molecule has 7 heteroatoms. The van der Waals surface area contributed by atoms with Gasteiger partial charge in [0.05, 0.1) is 5.69 Å². The van der Waals surface area contributed by atoms with Gasteiger partial charge in [-0.15, -0.1) is 5.10 Å². The first kappa shape index (κ1) is 14.4. The zero-order valence-electron chi connectivity index (χ0n) is 12.0. The van der Waals surface area contributed by atoms with Crippen molar-refractivity contribution in [3.8, 4) is 0 Å². The molecule has 1 saturated heterocycles. The summed E-state index contributed by atoms with van der Waals surface area (Å²) in [5.41, 5.74) is 0.674. The molecule has 1 aromatic heterocycles. The molecule has 1 amide bonds. The van der Waals surface area contributed by atoms with Gasteiger partial charge in [-0.1, -0.05) is 24.3 Å². The monoisotopic (exact) mass is 309 g/mol. The number of aliphatic carboxylic acids is 1. The molecule has 114 valence electrons. The molecule has 3 atom stereocenters. The Kier molecular flexibility index (Phi) is 3.93. The molecule has 2 heterocycles. The molecule has 2 fully saturated rings. The van der Waals surface area contributed by atoms with E-state index in [1.165, 1.54) is 0 Å². The lowest BCUT2D eigenvalue weighted by atomic mass is 9.84. The number of carboxylic acid groups (broad SMARTS) is 1. The lowest BCUT2D eigenvalue weighted by Crippen LogP contribution is -2.46. The smallest absolute Gasteiger partial charge is 0.326 e. The summed E-state index contributed by atoms with van der Waals surface area (Å²) >= 11 is 1.08. The predicted octanol–water partition coefficient (Wildman–Crippen LogP) is 1.96. The quantitative estimate of drug-likeness (QED) is 0.922. The summed E-state index contributed by atoms with van der Waals surface area (Å²) < 4.78 is 3.86. The molecule has 21 heavy (non-hydrogen) atoms. The fraction of sp³-hybridized carbons (Fsp3) is 0.714. The van der Waals surface area contributed by atoms with Crippen LogP contribution < -0.4 is 0 Å². The third-order valence-corrected chi connectivity index (χ3v) is 5.45. The fourth-order valence-corrected chi connectivity index (χ4v) is 4.39. The second-order valence-electron chi connectivity index (χ2n) is 5.82. The molecule has 0 spiro atoms. The number of amides is 1. The number of aromatic nitrogens is 2. The van der Waals surface area contributed by atoms with Crippen LogP contribution in [0.25, 0.3) is 0 Å². The third kappa shape index (κ3) is 2.43. The van der Waals surface area contributed by atoms with Gasteiger partial charge in [-0.05, 0) is 43.1 Å². The van der Waals surface area contributed by atoms with Gasteiger partial charge < -0.3 is 10.0 Å². The van der Waals surface area contributed by atoms with E-state index in [1.54, 1.807) is 4.90 Å². The Morgan fingerprint density at radius 3 is 2.86 bits per heavy atom. The Labute approximate surface area is 127 Å². The van der Waals surface area contributed by atoms with E-state index in [-0.39, 0.29) is 11.9 Å². The van der Waals surface area contributed by atoms with Crippen LogP contribution in [-0.2, 0) is 11.2 Å². The maximum absolute atomic E-state index is 12.9. The van der Waals surface area contributed by atoms with Crippen LogP contribution in [0.5, 0.6) is 0 Å². The summed E-state index contributed by atoms with van der Waals surface area (Å²) in [7, 11) is 0. The van der Waals surface area contributed by atoms with Crippen LogP contribution in [0, 0.1) is 5.92 Å². The van der Waals surface area contributed by atoms with E-state index in [9.17, 15) is 14.7 Å². The van der Waals surface area contributed by atoms with Crippen molar-refractivity contribution in [3.63, 3.8) is 0 Å². The molecular formula is C14H19N3O3S. The van der Waals surface area contributed by atoms with Crippen LogP contribution in [-0.4, -0.2) is 43.6 Å². The number of carbonyl (C=O) groups is 2. The molecule has 3 unspecified atom stereocenters. The predicted molar refractivity (Wildman–Crippen MR) is 77.2 cm³/mol. The van der Waals surface area contributed by atoms with E-state index in [2.05, 4.69) is 9.59 Å². The Morgan fingerprint density at radius 2 is 2.14 bits per heavy atom. The normalized spacial score (nSPS) is 28.4. The Balaban J connectivity index is 1.93. The van der Waals surface area contributed by atoms with E-state index in [4.69, 9.17) is 0 Å². The van der Waals surface area contributed by atoms with Crippen LogP contribution in [0.2, 0.25) is 0 Å². The first-order valence-electron chi connectivity index (χ1n) is 7.50. The average Bonchev–Trinajstić information content (AvgIpc) is 3.10. The molecule has 3 rings (SSSR count). The van der Waals surface area contributed by atoms with Gasteiger partial charge in [-0.25, -0.2) is 4.79 Å². The molecule has 0 radical (unpaired) electrons. The molecule has 1 aliphatic heterocycles. The summed E-state index contributed by atoms with van der Waals surface area (Å²) in [4.78, 5) is 26.5. The van der Waals surface area contributed by atoms with Gasteiger partial charge in [-0.2, -0.15) is 0 Å². The molecular weight excluding hydrogens is 290 g/mol. The summed E-state index contributed by atoms with van der Waals surface area (Å²) in [5.74, 6) is -0.758. The Morgan fingerprint density at radius 1 is 1.38 bits per heavy atom. The van der Waals surface area contributed by atoms with Crippen LogP contribution >= 0.6 is 11.5 Å². The van der Waals surface area contributed by atoms with E-state index in [0.29, 0.717) is 29.3 Å². The van der Waals surface area contributed by atoms with Gasteiger partial charge in [-0.3, -0.25) is 4.79 Å². The topological polar surface area (TPSA) is 83.4 Å². The van der Waals surface area contributed by atoms with Crippen LogP contribution in [0.3, 0.4) is 0 Å². The minimum atomic E-state index is -0.895. The number of carboxylic acids is 1. The minimum absolute atomic E-state index is 0.0687. The molecule has 0 bridgehead atoms. The SMILES string of the molecule is CCc1nnsc1C(=O)N1C(C(=O)O)CC2CCCCC21. The zero-order chi connectivity index (χ0) is 15.0. The number of likely N-dealkylation sites (tertiary alicyclic amines) is 1. The highest BCUT2D eigenvalue weighted by molar-refractivity contribution is 7.08. The summed E-state index contributed by atoms with van der Waals surface area (Å²) in [5, 5.41) is 13.5. The van der Waals surface area contributed by atoms with Crippen LogP contribution in [0.15, 0.2) is 0 Å². The molecule has 6 nitrogen and oxygen atoms in total. The molecule has 1 aliphatic carbocycles. The first-order valence-corrected chi connectivity index (χ1v) is 8.27. The van der Waals surface area contributed by atoms with E-state index in [0.717, 1.165) is 37.2 Å². The highest BCUT2D eigenvalue weighted by Gasteiger charge is 2.48. The summed E-state index contributed by atoms with van der Waals surface area (Å²) in [6.45, 7) is 1.93. The van der Waals surface area contributed by atoms with Crippen molar-refractivity contribution in [2.45, 2.75) is 57.5 Å². The summed E-state index contributed by atoms with van der Waals surface area (Å²) in [6.07, 6.45) is 5.36. The molecule has 1 aromatic rings. The fourth-order valence-electron chi connectivity index (χ4n) is 3.69. The van der Waals surface area contributed by atoms with Crippen molar-refractivity contribution in [3.05, 3.63) is 10.6 Å². The molecule has 2 aliphatic rings. The van der Waals surface area contributed by atoms with Crippen molar-refractivity contribution in [1.82, 2.24) is 14.5 Å². The highest BCUT2D eigenvalue weighted by atomic mass is 32.1. The number of nitrogens with zero attached hydrogens (tertiary/aromatic N) is 3. The number of carbonyl (C=O) groups excluding carboxylic acids is 1. The number of fused-ring (bicyclic) bond motifs is 1. The maximum Gasteiger partial charge on any atom is 0.326 e. The lowest BCUT2D eigenvalue weighted by Gasteiger charge is -2.32. The van der Waals surface area contributed by atoms with E-state index in [1.807, 2.05) is 6.92 Å². The largest absolute Gasteiger partial charge is 0.480 e. The van der Waals surface area contributed by atoms with Gasteiger partial charge in [0.2, 0.25) is 0 Å². The van der Waals surface area contributed by atoms with Gasteiger partial charge in [0.1, 0.15) is 10.9 Å².